The number of nitroso groups, excluding NO2 is 2. The molecular formula is C40H56N2O6. The van der Waals surface area contributed by atoms with E-state index in [-0.39, 0.29) is 33.2 Å². The summed E-state index contributed by atoms with van der Waals surface area (Å²) in [5.74, 6) is -1.16. The second-order valence-corrected chi connectivity index (χ2v) is 17.0. The molecule has 0 unspecified atom stereocenters. The Morgan fingerprint density at radius 1 is 0.521 bits per heavy atom. The van der Waals surface area contributed by atoms with E-state index in [9.17, 15) is 29.6 Å². The predicted octanol–water partition coefficient (Wildman–Crippen LogP) is 10.7. The van der Waals surface area contributed by atoms with E-state index in [4.69, 9.17) is 0 Å². The van der Waals surface area contributed by atoms with Crippen molar-refractivity contribution >= 4 is 24.0 Å². The molecule has 0 bridgehead atoms. The molecule has 262 valence electrons. The van der Waals surface area contributed by atoms with Gasteiger partial charge in [0, 0.05) is 43.8 Å². The minimum atomic E-state index is -0.816. The number of unbranched alkanes of at least 4 members (excludes halogenated alkanes) is 3. The van der Waals surface area contributed by atoms with Crippen LogP contribution in [0.15, 0.2) is 45.8 Å². The van der Waals surface area contributed by atoms with Crippen LogP contribution >= 0.6 is 0 Å². The molecule has 2 amide bonds. The fourth-order valence-corrected chi connectivity index (χ4v) is 5.75. The van der Waals surface area contributed by atoms with Gasteiger partial charge in [0.1, 0.15) is 11.5 Å². The van der Waals surface area contributed by atoms with Crippen LogP contribution in [0.3, 0.4) is 0 Å². The zero-order valence-electron chi connectivity index (χ0n) is 31.1. The molecule has 8 heteroatoms. The van der Waals surface area contributed by atoms with Crippen molar-refractivity contribution in [2.24, 2.45) is 10.4 Å². The van der Waals surface area contributed by atoms with E-state index in [0.717, 1.165) is 46.2 Å². The van der Waals surface area contributed by atoms with Crippen molar-refractivity contribution in [2.75, 3.05) is 0 Å². The Labute approximate surface area is 287 Å². The first kappa shape index (κ1) is 40.2. The molecule has 2 aromatic rings. The van der Waals surface area contributed by atoms with Crippen molar-refractivity contribution in [3.8, 4) is 11.5 Å². The van der Waals surface area contributed by atoms with Crippen LogP contribution in [0.1, 0.15) is 155 Å². The van der Waals surface area contributed by atoms with Gasteiger partial charge >= 0.3 is 11.8 Å². The number of carbonyl (C=O) groups excluding carboxylic acids is 2. The van der Waals surface area contributed by atoms with Gasteiger partial charge in [-0.3, -0.25) is 9.59 Å². The number of phenolic OH excluding ortho intramolecular Hbond substituents is 2. The van der Waals surface area contributed by atoms with Crippen LogP contribution < -0.4 is 0 Å². The number of carbonyl (C=O) groups is 2. The third kappa shape index (κ3) is 10.8. The lowest BCUT2D eigenvalue weighted by Gasteiger charge is -2.28. The highest BCUT2D eigenvalue weighted by Gasteiger charge is 2.28. The van der Waals surface area contributed by atoms with Crippen LogP contribution in [0.25, 0.3) is 12.2 Å². The SMILES string of the molecule is CC(C)(C)c1cc(C=C(CCCCCCC(=Cc2cc(C(C)(C)C)c(O)c(C(C)(C)C)c2)C(=O)N=O)C(=O)N=O)cc(C(C)(C)C)c1O. The summed E-state index contributed by atoms with van der Waals surface area (Å²) in [6, 6.07) is 7.43. The second kappa shape index (κ2) is 15.5. The number of hydrogen-bond donors (Lipinski definition) is 2. The van der Waals surface area contributed by atoms with Crippen molar-refractivity contribution in [2.45, 2.75) is 143 Å². The molecule has 48 heavy (non-hydrogen) atoms. The Balaban J connectivity index is 2.26. The van der Waals surface area contributed by atoms with Crippen LogP contribution in [0.2, 0.25) is 0 Å². The van der Waals surface area contributed by atoms with Gasteiger partial charge in [0.15, 0.2) is 0 Å². The summed E-state index contributed by atoms with van der Waals surface area (Å²) in [4.78, 5) is 47.7. The van der Waals surface area contributed by atoms with E-state index in [2.05, 4.69) is 10.4 Å². The van der Waals surface area contributed by atoms with E-state index in [0.29, 0.717) is 36.8 Å². The molecule has 0 radical (unpaired) electrons. The summed E-state index contributed by atoms with van der Waals surface area (Å²) < 4.78 is 0. The molecule has 0 aromatic heterocycles. The summed E-state index contributed by atoms with van der Waals surface area (Å²) >= 11 is 0. The van der Waals surface area contributed by atoms with Gasteiger partial charge in [0.25, 0.3) is 0 Å². The quantitative estimate of drug-likeness (QED) is 0.140. The lowest BCUT2D eigenvalue weighted by Crippen LogP contribution is -2.17. The molecule has 0 heterocycles. The minimum absolute atomic E-state index is 0.236. The molecule has 0 fully saturated rings. The zero-order valence-corrected chi connectivity index (χ0v) is 31.1. The van der Waals surface area contributed by atoms with Gasteiger partial charge < -0.3 is 10.2 Å². The molecule has 8 nitrogen and oxygen atoms in total. The van der Waals surface area contributed by atoms with Crippen molar-refractivity contribution in [1.82, 2.24) is 0 Å². The molecule has 0 aliphatic heterocycles. The Morgan fingerprint density at radius 2 is 0.771 bits per heavy atom. The first-order valence-corrected chi connectivity index (χ1v) is 16.8. The standard InChI is InChI=1S/C40H56N2O6/c1-37(2,3)29-21-25(22-30(33(29)43)38(4,5)6)19-27(35(45)41-47)17-15-13-14-16-18-28(36(46)42-48)20-26-23-31(39(7,8)9)34(44)32(24-26)40(10,11)12/h19-24,43-44H,13-18H2,1-12H3. The highest BCUT2D eigenvalue weighted by molar-refractivity contribution is 5.99. The molecule has 0 atom stereocenters. The van der Waals surface area contributed by atoms with Crippen LogP contribution in [0, 0.1) is 9.81 Å². The number of hydrogen-bond acceptors (Lipinski definition) is 6. The van der Waals surface area contributed by atoms with Crippen molar-refractivity contribution in [3.63, 3.8) is 0 Å². The largest absolute Gasteiger partial charge is 0.507 e. The van der Waals surface area contributed by atoms with E-state index in [1.807, 2.05) is 107 Å². The van der Waals surface area contributed by atoms with E-state index in [1.54, 1.807) is 12.2 Å². The predicted molar refractivity (Wildman–Crippen MR) is 196 cm³/mol. The highest BCUT2D eigenvalue weighted by atomic mass is 16.3. The molecule has 0 aliphatic carbocycles. The van der Waals surface area contributed by atoms with Gasteiger partial charge in [-0.1, -0.05) is 95.9 Å². The summed E-state index contributed by atoms with van der Waals surface area (Å²) in [5, 5.41) is 27.5. The lowest BCUT2D eigenvalue weighted by atomic mass is 9.78. The third-order valence-electron chi connectivity index (χ3n) is 8.54. The van der Waals surface area contributed by atoms with E-state index < -0.39 is 11.8 Å². The average Bonchev–Trinajstić information content (AvgIpc) is 2.95. The molecule has 2 aromatic carbocycles. The average molecular weight is 661 g/mol. The van der Waals surface area contributed by atoms with Crippen LogP contribution in [0.4, 0.5) is 0 Å². The maximum absolute atomic E-state index is 12.5. The van der Waals surface area contributed by atoms with Crippen molar-refractivity contribution < 1.29 is 19.8 Å². The molecular weight excluding hydrogens is 604 g/mol. The summed E-state index contributed by atoms with van der Waals surface area (Å²) in [7, 11) is 0. The van der Waals surface area contributed by atoms with Gasteiger partial charge in [0.05, 0.1) is 0 Å². The minimum Gasteiger partial charge on any atom is -0.507 e. The molecule has 2 N–H and O–H groups in total. The Kier molecular flexibility index (Phi) is 13.0. The first-order valence-electron chi connectivity index (χ1n) is 16.8. The zero-order chi connectivity index (χ0) is 36.8. The molecule has 0 aliphatic rings. The van der Waals surface area contributed by atoms with E-state index in [1.165, 1.54) is 0 Å². The Bertz CT molecular complexity index is 1400. The third-order valence-corrected chi connectivity index (χ3v) is 8.54. The summed E-state index contributed by atoms with van der Waals surface area (Å²) in [5.41, 5.74) is 3.69. The monoisotopic (exact) mass is 660 g/mol. The maximum Gasteiger partial charge on any atom is 0.312 e. The van der Waals surface area contributed by atoms with Crippen molar-refractivity contribution in [1.29, 1.82) is 0 Å². The summed E-state index contributed by atoms with van der Waals surface area (Å²) in [6.07, 6.45) is 6.74. The fraction of sp³-hybridized carbons (Fsp3) is 0.550. The number of amides is 2. The Morgan fingerprint density at radius 3 is 0.979 bits per heavy atom. The van der Waals surface area contributed by atoms with Gasteiger partial charge in [0.2, 0.25) is 0 Å². The van der Waals surface area contributed by atoms with Crippen LogP contribution in [-0.2, 0) is 31.2 Å². The van der Waals surface area contributed by atoms with Crippen molar-refractivity contribution in [3.05, 3.63) is 78.6 Å². The highest BCUT2D eigenvalue weighted by Crippen LogP contribution is 2.42. The lowest BCUT2D eigenvalue weighted by molar-refractivity contribution is -0.115. The smallest absolute Gasteiger partial charge is 0.312 e. The molecule has 2 rings (SSSR count). The van der Waals surface area contributed by atoms with Crippen LogP contribution in [-0.4, -0.2) is 22.0 Å². The fourth-order valence-electron chi connectivity index (χ4n) is 5.75. The molecule has 0 spiro atoms. The first-order chi connectivity index (χ1) is 21.9. The van der Waals surface area contributed by atoms with Gasteiger partial charge in [-0.25, -0.2) is 0 Å². The Hall–Kier alpha value is -3.94. The molecule has 0 saturated heterocycles. The maximum atomic E-state index is 12.5. The molecule has 0 saturated carbocycles. The number of benzene rings is 2. The number of nitrogens with zero attached hydrogens (tertiary/aromatic N) is 2. The number of rotatable bonds is 11. The second-order valence-electron chi connectivity index (χ2n) is 17.0. The van der Waals surface area contributed by atoms with Gasteiger partial charge in [-0.2, -0.15) is 0 Å². The van der Waals surface area contributed by atoms with Crippen LogP contribution in [0.5, 0.6) is 11.5 Å². The van der Waals surface area contributed by atoms with E-state index >= 15 is 0 Å². The van der Waals surface area contributed by atoms with Gasteiger partial charge in [-0.15, -0.1) is 9.81 Å². The van der Waals surface area contributed by atoms with Gasteiger partial charge in [-0.05, 0) is 94.9 Å². The summed E-state index contributed by atoms with van der Waals surface area (Å²) in [6.45, 7) is 24.1. The topological polar surface area (TPSA) is 133 Å². The number of phenols is 2. The normalized spacial score (nSPS) is 13.4. The number of aromatic hydroxyl groups is 2.